The monoisotopic (exact) mass is 333 g/mol. The molecule has 25 heavy (non-hydrogen) atoms. The number of aromatic amines is 1. The smallest absolute Gasteiger partial charge is 0.213 e. The van der Waals surface area contributed by atoms with Crippen molar-refractivity contribution >= 4 is 16.6 Å². The SMILES string of the molecule is CCOc1ccc(/C(=C\C2CCCC2)c2cc3cccnc3[nH]2)cn1. The molecule has 0 radical (unpaired) electrons. The van der Waals surface area contributed by atoms with E-state index in [-0.39, 0.29) is 0 Å². The van der Waals surface area contributed by atoms with E-state index in [1.165, 1.54) is 31.3 Å². The van der Waals surface area contributed by atoms with Crippen molar-refractivity contribution in [2.45, 2.75) is 32.6 Å². The van der Waals surface area contributed by atoms with Gasteiger partial charge in [-0.2, -0.15) is 0 Å². The third kappa shape index (κ3) is 3.43. The number of fused-ring (bicyclic) bond motifs is 1. The normalized spacial score (nSPS) is 15.8. The summed E-state index contributed by atoms with van der Waals surface area (Å²) < 4.78 is 5.48. The fraction of sp³-hybridized carbons (Fsp3) is 0.333. The highest BCUT2D eigenvalue weighted by Gasteiger charge is 2.17. The molecule has 0 aromatic carbocycles. The van der Waals surface area contributed by atoms with Gasteiger partial charge in [0.25, 0.3) is 0 Å². The minimum Gasteiger partial charge on any atom is -0.478 e. The van der Waals surface area contributed by atoms with Crippen LogP contribution in [0.25, 0.3) is 16.6 Å². The van der Waals surface area contributed by atoms with Gasteiger partial charge in [-0.15, -0.1) is 0 Å². The summed E-state index contributed by atoms with van der Waals surface area (Å²) in [5.74, 6) is 1.31. The van der Waals surface area contributed by atoms with Crippen LogP contribution >= 0.6 is 0 Å². The summed E-state index contributed by atoms with van der Waals surface area (Å²) in [5, 5.41) is 1.13. The van der Waals surface area contributed by atoms with Crippen molar-refractivity contribution in [2.75, 3.05) is 6.61 Å². The van der Waals surface area contributed by atoms with E-state index in [1.54, 1.807) is 0 Å². The Morgan fingerprint density at radius 2 is 2.12 bits per heavy atom. The fourth-order valence-electron chi connectivity index (χ4n) is 3.58. The molecule has 0 unspecified atom stereocenters. The number of nitrogens with one attached hydrogen (secondary N) is 1. The van der Waals surface area contributed by atoms with Gasteiger partial charge in [0.1, 0.15) is 5.65 Å². The van der Waals surface area contributed by atoms with Crippen LogP contribution in [0, 0.1) is 5.92 Å². The van der Waals surface area contributed by atoms with Crippen LogP contribution in [0.3, 0.4) is 0 Å². The molecule has 0 aliphatic heterocycles. The van der Waals surface area contributed by atoms with Gasteiger partial charge in [-0.25, -0.2) is 9.97 Å². The van der Waals surface area contributed by atoms with Crippen LogP contribution in [0.2, 0.25) is 0 Å². The first-order valence-electron chi connectivity index (χ1n) is 9.08. The molecule has 0 atom stereocenters. The predicted molar refractivity (Wildman–Crippen MR) is 101 cm³/mol. The molecule has 4 heteroatoms. The first-order valence-corrected chi connectivity index (χ1v) is 9.08. The number of pyridine rings is 2. The van der Waals surface area contributed by atoms with Gasteiger partial charge in [0.15, 0.2) is 0 Å². The van der Waals surface area contributed by atoms with E-state index in [4.69, 9.17) is 4.74 Å². The van der Waals surface area contributed by atoms with Crippen molar-refractivity contribution in [3.05, 3.63) is 60.1 Å². The lowest BCUT2D eigenvalue weighted by Gasteiger charge is -2.10. The molecule has 3 aromatic rings. The number of H-pyrrole nitrogens is 1. The topological polar surface area (TPSA) is 50.8 Å². The minimum atomic E-state index is 0.630. The number of nitrogens with zero attached hydrogens (tertiary/aromatic N) is 2. The van der Waals surface area contributed by atoms with Gasteiger partial charge in [-0.1, -0.05) is 18.9 Å². The average molecular weight is 333 g/mol. The summed E-state index contributed by atoms with van der Waals surface area (Å²) in [7, 11) is 0. The van der Waals surface area contributed by atoms with Gasteiger partial charge < -0.3 is 9.72 Å². The van der Waals surface area contributed by atoms with Gasteiger partial charge in [0.2, 0.25) is 5.88 Å². The van der Waals surface area contributed by atoms with Gasteiger partial charge in [-0.05, 0) is 49.9 Å². The predicted octanol–water partition coefficient (Wildman–Crippen LogP) is 4.98. The number of aromatic nitrogens is 3. The Morgan fingerprint density at radius 3 is 2.84 bits per heavy atom. The summed E-state index contributed by atoms with van der Waals surface area (Å²) in [6.07, 6.45) is 11.3. The number of allylic oxidation sites excluding steroid dienone is 1. The van der Waals surface area contributed by atoms with Crippen LogP contribution in [-0.2, 0) is 0 Å². The van der Waals surface area contributed by atoms with Gasteiger partial charge in [0.05, 0.1) is 6.61 Å². The highest BCUT2D eigenvalue weighted by Crippen LogP contribution is 2.33. The molecule has 1 aliphatic rings. The second-order valence-electron chi connectivity index (χ2n) is 6.57. The van der Waals surface area contributed by atoms with Gasteiger partial charge in [0, 0.05) is 40.7 Å². The standard InChI is InChI=1S/C21H23N3O/c1-2-25-20-10-9-17(14-23-20)18(12-15-6-3-4-7-15)19-13-16-8-5-11-22-21(16)24-19/h5,8-15H,2-4,6-7H2,1H3,(H,22,24)/b18-12+. The Bertz CT molecular complexity index is 841. The molecule has 0 saturated heterocycles. The van der Waals surface area contributed by atoms with Crippen molar-refractivity contribution < 1.29 is 4.74 Å². The minimum absolute atomic E-state index is 0.630. The van der Waals surface area contributed by atoms with Crippen molar-refractivity contribution in [3.63, 3.8) is 0 Å². The molecule has 3 heterocycles. The van der Waals surface area contributed by atoms with E-state index in [9.17, 15) is 0 Å². The van der Waals surface area contributed by atoms with E-state index in [0.717, 1.165) is 22.3 Å². The third-order valence-corrected chi connectivity index (χ3v) is 4.82. The highest BCUT2D eigenvalue weighted by atomic mass is 16.5. The van der Waals surface area contributed by atoms with Crippen LogP contribution in [0.1, 0.15) is 43.9 Å². The summed E-state index contributed by atoms with van der Waals surface area (Å²) in [6, 6.07) is 10.3. The molecule has 128 valence electrons. The molecule has 3 aromatic heterocycles. The van der Waals surface area contributed by atoms with Crippen molar-refractivity contribution in [1.29, 1.82) is 0 Å². The molecular formula is C21H23N3O. The highest BCUT2D eigenvalue weighted by molar-refractivity contribution is 5.86. The molecule has 0 spiro atoms. The molecule has 1 aliphatic carbocycles. The quantitative estimate of drug-likeness (QED) is 0.716. The van der Waals surface area contributed by atoms with E-state index >= 15 is 0 Å². The third-order valence-electron chi connectivity index (χ3n) is 4.82. The Morgan fingerprint density at radius 1 is 1.24 bits per heavy atom. The Balaban J connectivity index is 1.75. The van der Waals surface area contributed by atoms with Crippen molar-refractivity contribution in [3.8, 4) is 5.88 Å². The molecular weight excluding hydrogens is 310 g/mol. The lowest BCUT2D eigenvalue weighted by Crippen LogP contribution is -1.97. The van der Waals surface area contributed by atoms with Crippen LogP contribution in [0.15, 0.2) is 48.8 Å². The van der Waals surface area contributed by atoms with Crippen molar-refractivity contribution in [2.24, 2.45) is 5.92 Å². The molecule has 4 nitrogen and oxygen atoms in total. The zero-order valence-corrected chi connectivity index (χ0v) is 14.5. The maximum absolute atomic E-state index is 5.48. The lowest BCUT2D eigenvalue weighted by atomic mass is 9.97. The molecule has 4 rings (SSSR count). The number of hydrogen-bond acceptors (Lipinski definition) is 3. The number of rotatable bonds is 5. The van der Waals surface area contributed by atoms with Gasteiger partial charge >= 0.3 is 0 Å². The van der Waals surface area contributed by atoms with Crippen LogP contribution < -0.4 is 4.74 Å². The largest absolute Gasteiger partial charge is 0.478 e. The molecule has 1 saturated carbocycles. The summed E-state index contributed by atoms with van der Waals surface area (Å²) >= 11 is 0. The zero-order valence-electron chi connectivity index (χ0n) is 14.5. The Hall–Kier alpha value is -2.62. The molecule has 0 bridgehead atoms. The number of ether oxygens (including phenoxy) is 1. The maximum Gasteiger partial charge on any atom is 0.213 e. The first-order chi connectivity index (χ1) is 12.3. The first kappa shape index (κ1) is 15.9. The van der Waals surface area contributed by atoms with Crippen LogP contribution in [0.4, 0.5) is 0 Å². The maximum atomic E-state index is 5.48. The van der Waals surface area contributed by atoms with E-state index in [0.29, 0.717) is 18.4 Å². The lowest BCUT2D eigenvalue weighted by molar-refractivity contribution is 0.327. The molecule has 1 fully saturated rings. The van der Waals surface area contributed by atoms with Crippen LogP contribution in [0.5, 0.6) is 5.88 Å². The van der Waals surface area contributed by atoms with E-state index in [1.807, 2.05) is 31.5 Å². The number of hydrogen-bond donors (Lipinski definition) is 1. The second-order valence-corrected chi connectivity index (χ2v) is 6.57. The fourth-order valence-corrected chi connectivity index (χ4v) is 3.58. The molecule has 0 amide bonds. The second kappa shape index (κ2) is 7.09. The average Bonchev–Trinajstić information content (AvgIpc) is 3.30. The summed E-state index contributed by atoms with van der Waals surface area (Å²) in [5.41, 5.74) is 4.35. The Kier molecular flexibility index (Phi) is 4.51. The molecule has 1 N–H and O–H groups in total. The summed E-state index contributed by atoms with van der Waals surface area (Å²) in [4.78, 5) is 12.4. The zero-order chi connectivity index (χ0) is 17.1. The summed E-state index contributed by atoms with van der Waals surface area (Å²) in [6.45, 7) is 2.60. The Labute approximate surface area is 148 Å². The van der Waals surface area contributed by atoms with E-state index < -0.39 is 0 Å². The van der Waals surface area contributed by atoms with Crippen molar-refractivity contribution in [1.82, 2.24) is 15.0 Å². The van der Waals surface area contributed by atoms with E-state index in [2.05, 4.69) is 39.2 Å². The van der Waals surface area contributed by atoms with Crippen LogP contribution in [-0.4, -0.2) is 21.6 Å². The van der Waals surface area contributed by atoms with Gasteiger partial charge in [-0.3, -0.25) is 0 Å².